The molecule has 11 rings (SSSR count). The molecular formula is C56H68N12O6S. The topological polar surface area (TPSA) is 216 Å². The number of nitrogens with two attached hydrogens (primary N) is 1. The van der Waals surface area contributed by atoms with E-state index in [1.165, 1.54) is 4.90 Å². The van der Waals surface area contributed by atoms with Crippen LogP contribution in [0.3, 0.4) is 0 Å². The summed E-state index contributed by atoms with van der Waals surface area (Å²) in [6.45, 7) is 15.1. The first-order valence-electron chi connectivity index (χ1n) is 26.6. The molecule has 1 aliphatic carbocycles. The van der Waals surface area contributed by atoms with E-state index in [4.69, 9.17) is 15.0 Å². The maximum atomic E-state index is 14.4. The van der Waals surface area contributed by atoms with Crippen LogP contribution in [0.15, 0.2) is 89.0 Å². The van der Waals surface area contributed by atoms with Crippen molar-refractivity contribution in [2.45, 2.75) is 115 Å². The Morgan fingerprint density at radius 2 is 1.63 bits per heavy atom. The number of aliphatic hydroxyl groups excluding tert-OH is 1. The lowest BCUT2D eigenvalue weighted by Gasteiger charge is -2.46. The van der Waals surface area contributed by atoms with Gasteiger partial charge >= 0.3 is 0 Å². The fourth-order valence-corrected chi connectivity index (χ4v) is 13.0. The summed E-state index contributed by atoms with van der Waals surface area (Å²) in [5, 5.41) is 37.4. The number of phenolic OH excluding ortho intramolecular Hbond substituents is 1. The SMILES string of the molecule is Cc1ncsc1-c1ccc([C@H](C)NC(=O)[C@@H]2C[C@@H](O)CN2C(=O)[C@H](c2cc(N3CCN(C(C)[C@H]4C[C@H](Oc5cc(N6C7CCC6CN(c6cc(-c8ccccc8O)nnc6N)C7)ccn5)C4)CC3)no2)C(C)C)cc1. The first-order valence-corrected chi connectivity index (χ1v) is 27.5. The number of aromatic nitrogens is 5. The Morgan fingerprint density at radius 3 is 2.33 bits per heavy atom. The van der Waals surface area contributed by atoms with E-state index in [1.54, 1.807) is 23.5 Å². The van der Waals surface area contributed by atoms with Gasteiger partial charge in [0.2, 0.25) is 17.7 Å². The van der Waals surface area contributed by atoms with Crippen LogP contribution in [0.2, 0.25) is 0 Å². The second-order valence-electron chi connectivity index (χ2n) is 21.6. The molecule has 18 nitrogen and oxygen atoms in total. The van der Waals surface area contributed by atoms with Gasteiger partial charge in [0.1, 0.15) is 23.8 Å². The third-order valence-electron chi connectivity index (χ3n) is 16.5. The molecular weight excluding hydrogens is 969 g/mol. The Hall–Kier alpha value is -6.83. The van der Waals surface area contributed by atoms with Crippen molar-refractivity contribution >= 4 is 46.2 Å². The van der Waals surface area contributed by atoms with Gasteiger partial charge in [0.05, 0.1) is 39.6 Å². The smallest absolute Gasteiger partial charge is 0.243 e. The molecule has 2 aromatic carbocycles. The first-order chi connectivity index (χ1) is 36.3. The van der Waals surface area contributed by atoms with Crippen molar-refractivity contribution < 1.29 is 29.1 Å². The number of carbonyl (C=O) groups excluding carboxylic acids is 2. The number of amides is 2. The molecule has 5 aliphatic rings. The number of hydrogen-bond donors (Lipinski definition) is 4. The average Bonchev–Trinajstić information content (AvgIpc) is 4.21. The summed E-state index contributed by atoms with van der Waals surface area (Å²) in [6.07, 6.45) is 5.41. The van der Waals surface area contributed by atoms with Crippen LogP contribution in [-0.4, -0.2) is 139 Å². The zero-order chi connectivity index (χ0) is 52.1. The summed E-state index contributed by atoms with van der Waals surface area (Å²) >= 11 is 1.60. The van der Waals surface area contributed by atoms with Crippen molar-refractivity contribution in [2.24, 2.45) is 11.8 Å². The van der Waals surface area contributed by atoms with Crippen molar-refractivity contribution in [1.82, 2.24) is 40.4 Å². The number of thiazole rings is 1. The molecule has 0 radical (unpaired) electrons. The summed E-state index contributed by atoms with van der Waals surface area (Å²) in [7, 11) is 0. The van der Waals surface area contributed by atoms with E-state index in [0.29, 0.717) is 46.5 Å². The highest BCUT2D eigenvalue weighted by Gasteiger charge is 2.45. The first kappa shape index (κ1) is 50.3. The minimum absolute atomic E-state index is 0.0746. The zero-order valence-corrected chi connectivity index (χ0v) is 44.1. The van der Waals surface area contributed by atoms with Gasteiger partial charge in [-0.1, -0.05) is 55.4 Å². The normalized spacial score (nSPS) is 24.0. The van der Waals surface area contributed by atoms with E-state index in [9.17, 15) is 19.8 Å². The van der Waals surface area contributed by atoms with Crippen LogP contribution < -0.4 is 30.5 Å². The molecule has 5 N–H and O–H groups in total. The van der Waals surface area contributed by atoms with Crippen LogP contribution in [0.25, 0.3) is 21.7 Å². The average molecular weight is 1040 g/mol. The second kappa shape index (κ2) is 21.1. The number of aromatic hydroxyl groups is 1. The Kier molecular flexibility index (Phi) is 14.1. The highest BCUT2D eigenvalue weighted by Crippen LogP contribution is 2.42. The maximum absolute atomic E-state index is 14.4. The highest BCUT2D eigenvalue weighted by atomic mass is 32.1. The second-order valence-corrected chi connectivity index (χ2v) is 22.5. The summed E-state index contributed by atoms with van der Waals surface area (Å²) < 4.78 is 12.5. The molecule has 2 bridgehead atoms. The third-order valence-corrected chi connectivity index (χ3v) is 17.5. The van der Waals surface area contributed by atoms with E-state index in [-0.39, 0.29) is 60.7 Å². The van der Waals surface area contributed by atoms with Crippen molar-refractivity contribution in [3.63, 3.8) is 0 Å². The summed E-state index contributed by atoms with van der Waals surface area (Å²) in [6, 6.07) is 23.1. The fourth-order valence-electron chi connectivity index (χ4n) is 12.2. The summed E-state index contributed by atoms with van der Waals surface area (Å²) in [5.41, 5.74) is 14.4. The van der Waals surface area contributed by atoms with E-state index in [2.05, 4.69) is 69.3 Å². The van der Waals surface area contributed by atoms with E-state index < -0.39 is 18.1 Å². The van der Waals surface area contributed by atoms with Gasteiger partial charge in [0.15, 0.2) is 17.4 Å². The van der Waals surface area contributed by atoms with Crippen molar-refractivity contribution in [3.05, 3.63) is 102 Å². The van der Waals surface area contributed by atoms with Gasteiger partial charge in [0, 0.05) is 99.9 Å². The maximum Gasteiger partial charge on any atom is 0.243 e. The standard InChI is InChI=1S/C56H68N12O6S/c1-32(2)52(56(72)67-30-42(69)25-47(67)55(71)60-33(3)36-10-12-37(13-11-36)53-34(4)59-31-75-53)49-27-50(63-74-49)65-20-18-64(19-21-65)35(5)38-22-43(23-38)73-51-24-39(16-17-58-51)68-40-14-15-41(68)29-66(28-40)46-26-45(61-62-54(46)57)44-8-6-7-9-48(44)70/h6-13,16-17,24,26-27,31-33,35,38,40-43,47,52,69-70H,14-15,18-23,25,28-30H2,1-5H3,(H2,57,62)(H,60,71)/t33-,35?,38-,40?,41?,42+,43-,47-,52-/m0/s1. The van der Waals surface area contributed by atoms with Crippen LogP contribution in [0, 0.1) is 18.8 Å². The Bertz CT molecular complexity index is 2980. The summed E-state index contributed by atoms with van der Waals surface area (Å²) in [5.74, 6) is 1.53. The number of phenols is 1. The Balaban J connectivity index is 0.652. The molecule has 8 heterocycles. The third kappa shape index (κ3) is 10.2. The van der Waals surface area contributed by atoms with E-state index >= 15 is 0 Å². The number of β-amino-alcohol motifs (C(OH)–C–C–N with tert-alkyl or cyclic N) is 1. The molecule has 4 aliphatic heterocycles. The van der Waals surface area contributed by atoms with Crippen LogP contribution in [0.5, 0.6) is 11.6 Å². The minimum Gasteiger partial charge on any atom is -0.507 e. The van der Waals surface area contributed by atoms with Crippen molar-refractivity contribution in [2.75, 3.05) is 66.2 Å². The molecule has 4 aromatic heterocycles. The number of para-hydroxylation sites is 1. The largest absolute Gasteiger partial charge is 0.507 e. The quantitative estimate of drug-likeness (QED) is 0.0811. The van der Waals surface area contributed by atoms with Crippen molar-refractivity contribution in [1.29, 1.82) is 0 Å². The minimum atomic E-state index is -0.812. The van der Waals surface area contributed by atoms with Crippen LogP contribution in [0.4, 0.5) is 23.0 Å². The molecule has 0 spiro atoms. The molecule has 3 unspecified atom stereocenters. The molecule has 75 heavy (non-hydrogen) atoms. The number of aryl methyl sites for hydroxylation is 1. The number of carbonyl (C=O) groups is 2. The number of fused-ring (bicyclic) bond motifs is 2. The lowest BCUT2D eigenvalue weighted by Crippen LogP contribution is -2.54. The molecule has 19 heteroatoms. The molecule has 2 amide bonds. The molecule has 4 saturated heterocycles. The van der Waals surface area contributed by atoms with Crippen LogP contribution >= 0.6 is 11.3 Å². The van der Waals surface area contributed by atoms with Gasteiger partial charge in [-0.2, -0.15) is 0 Å². The predicted octanol–water partition coefficient (Wildman–Crippen LogP) is 7.05. The van der Waals surface area contributed by atoms with Crippen LogP contribution in [0.1, 0.15) is 88.8 Å². The van der Waals surface area contributed by atoms with E-state index in [1.807, 2.05) is 87.9 Å². The number of rotatable bonds is 15. The van der Waals surface area contributed by atoms with E-state index in [0.717, 1.165) is 98.0 Å². The number of nitrogen functional groups attached to an aromatic ring is 1. The monoisotopic (exact) mass is 1040 g/mol. The lowest BCUT2D eigenvalue weighted by atomic mass is 9.77. The molecule has 394 valence electrons. The number of hydrogen-bond acceptors (Lipinski definition) is 17. The zero-order valence-electron chi connectivity index (χ0n) is 43.3. The number of piperazine rings is 2. The summed E-state index contributed by atoms with van der Waals surface area (Å²) in [4.78, 5) is 49.5. The van der Waals surface area contributed by atoms with Gasteiger partial charge < -0.3 is 50.1 Å². The Morgan fingerprint density at radius 1 is 0.880 bits per heavy atom. The number of aliphatic hydroxyl groups is 1. The van der Waals surface area contributed by atoms with Crippen molar-refractivity contribution in [3.8, 4) is 33.3 Å². The highest BCUT2D eigenvalue weighted by molar-refractivity contribution is 7.13. The lowest BCUT2D eigenvalue weighted by molar-refractivity contribution is -0.141. The fraction of sp³-hybridized carbons (Fsp3) is 0.482. The van der Waals surface area contributed by atoms with Gasteiger partial charge in [0.25, 0.3) is 0 Å². The van der Waals surface area contributed by atoms with Crippen LogP contribution in [-0.2, 0) is 9.59 Å². The molecule has 7 atom stereocenters. The molecule has 1 saturated carbocycles. The van der Waals surface area contributed by atoms with Gasteiger partial charge in [-0.15, -0.1) is 21.5 Å². The number of benzene rings is 2. The number of nitrogens with one attached hydrogen (secondary N) is 1. The van der Waals surface area contributed by atoms with Gasteiger partial charge in [-0.05, 0) is 93.7 Å². The number of nitrogens with zero attached hydrogens (tertiary/aromatic N) is 10. The predicted molar refractivity (Wildman–Crippen MR) is 289 cm³/mol. The number of pyridine rings is 1. The molecule has 6 aromatic rings. The van der Waals surface area contributed by atoms with Gasteiger partial charge in [-0.25, -0.2) is 9.97 Å². The number of anilines is 4. The number of likely N-dealkylation sites (tertiary alicyclic amines) is 1. The number of ether oxygens (including phenoxy) is 1. The Labute approximate surface area is 441 Å². The van der Waals surface area contributed by atoms with Gasteiger partial charge in [-0.3, -0.25) is 14.5 Å². The molecule has 5 fully saturated rings.